The zero-order valence-corrected chi connectivity index (χ0v) is 15.2. The number of phenolic OH excluding ortho intramolecular Hbond substituents is 1. The van der Waals surface area contributed by atoms with E-state index in [1.54, 1.807) is 12.1 Å². The van der Waals surface area contributed by atoms with Crippen molar-refractivity contribution in [3.63, 3.8) is 0 Å². The molecule has 0 radical (unpaired) electrons. The Bertz CT molecular complexity index is 907. The first kappa shape index (κ1) is 21.4. The molecule has 0 bridgehead atoms. The fraction of sp³-hybridized carbons (Fsp3) is 0.200. The Balaban J connectivity index is 1.99. The molecular formula is C20H19NO8. The normalized spacial score (nSPS) is 11.3. The van der Waals surface area contributed by atoms with E-state index in [2.05, 4.69) is 5.32 Å². The van der Waals surface area contributed by atoms with Crippen LogP contribution in [0.3, 0.4) is 0 Å². The molecule has 0 saturated heterocycles. The number of hydrogen-bond donors (Lipinski definition) is 4. The van der Waals surface area contributed by atoms with E-state index in [0.29, 0.717) is 11.8 Å². The van der Waals surface area contributed by atoms with Gasteiger partial charge in [-0.1, -0.05) is 18.2 Å². The van der Waals surface area contributed by atoms with E-state index in [9.17, 15) is 24.3 Å². The van der Waals surface area contributed by atoms with E-state index in [-0.39, 0.29) is 42.1 Å². The van der Waals surface area contributed by atoms with Gasteiger partial charge in [0.15, 0.2) is 6.29 Å². The number of phenols is 1. The number of aromatic hydroxyl groups is 1. The van der Waals surface area contributed by atoms with E-state index in [4.69, 9.17) is 14.9 Å². The fourth-order valence-corrected chi connectivity index (χ4v) is 2.46. The molecule has 0 unspecified atom stereocenters. The average molecular weight is 401 g/mol. The number of ether oxygens (including phenoxy) is 1. The predicted octanol–water partition coefficient (Wildman–Crippen LogP) is 1.83. The molecule has 0 aliphatic rings. The third kappa shape index (κ3) is 6.06. The molecule has 4 N–H and O–H groups in total. The molecule has 29 heavy (non-hydrogen) atoms. The molecule has 0 heterocycles. The minimum Gasteiger partial charge on any atom is -0.507 e. The summed E-state index contributed by atoms with van der Waals surface area (Å²) in [4.78, 5) is 45.0. The van der Waals surface area contributed by atoms with Crippen LogP contribution in [0.5, 0.6) is 11.5 Å². The SMILES string of the molecule is O=Cc1c(O)cccc1OCc1ccc(C(=O)N[C@@H](CCC(=O)O)C(=O)O)cc1. The summed E-state index contributed by atoms with van der Waals surface area (Å²) < 4.78 is 5.52. The van der Waals surface area contributed by atoms with Crippen LogP contribution in [0, 0.1) is 0 Å². The largest absolute Gasteiger partial charge is 0.507 e. The highest BCUT2D eigenvalue weighted by atomic mass is 16.5. The maximum absolute atomic E-state index is 12.2. The van der Waals surface area contributed by atoms with Gasteiger partial charge in [-0.15, -0.1) is 0 Å². The van der Waals surface area contributed by atoms with Crippen LogP contribution in [0.1, 0.15) is 39.1 Å². The van der Waals surface area contributed by atoms with Gasteiger partial charge in [-0.05, 0) is 36.2 Å². The number of hydrogen-bond acceptors (Lipinski definition) is 6. The molecule has 2 aromatic carbocycles. The van der Waals surface area contributed by atoms with Crippen molar-refractivity contribution >= 4 is 24.1 Å². The van der Waals surface area contributed by atoms with Gasteiger partial charge < -0.3 is 25.4 Å². The second-order valence-electron chi connectivity index (χ2n) is 6.09. The first-order valence-corrected chi connectivity index (χ1v) is 8.56. The van der Waals surface area contributed by atoms with Crippen LogP contribution in [0.2, 0.25) is 0 Å². The Morgan fingerprint density at radius 3 is 2.34 bits per heavy atom. The summed E-state index contributed by atoms with van der Waals surface area (Å²) in [5.74, 6) is -3.10. The topological polar surface area (TPSA) is 150 Å². The lowest BCUT2D eigenvalue weighted by atomic mass is 10.1. The molecule has 1 amide bonds. The predicted molar refractivity (Wildman–Crippen MR) is 100 cm³/mol. The van der Waals surface area contributed by atoms with Crippen LogP contribution >= 0.6 is 0 Å². The Morgan fingerprint density at radius 1 is 1.07 bits per heavy atom. The molecule has 152 valence electrons. The van der Waals surface area contributed by atoms with Gasteiger partial charge >= 0.3 is 11.9 Å². The minimum absolute atomic E-state index is 0.0320. The Kier molecular flexibility index (Phi) is 7.30. The molecule has 0 fully saturated rings. The lowest BCUT2D eigenvalue weighted by Gasteiger charge is -2.14. The summed E-state index contributed by atoms with van der Waals surface area (Å²) in [6.45, 7) is 0.0720. The van der Waals surface area contributed by atoms with Crippen LogP contribution in [-0.2, 0) is 16.2 Å². The number of carbonyl (C=O) groups is 4. The monoisotopic (exact) mass is 401 g/mol. The zero-order valence-electron chi connectivity index (χ0n) is 15.2. The zero-order chi connectivity index (χ0) is 21.4. The standard InChI is InChI=1S/C20H19NO8/c22-10-14-16(23)2-1-3-17(14)29-11-12-4-6-13(7-5-12)19(26)21-15(20(27)28)8-9-18(24)25/h1-7,10,15,23H,8-9,11H2,(H,21,26)(H,24,25)(H,27,28)/t15-/m0/s1. The maximum Gasteiger partial charge on any atom is 0.326 e. The second-order valence-corrected chi connectivity index (χ2v) is 6.09. The molecule has 0 aliphatic carbocycles. The van der Waals surface area contributed by atoms with Gasteiger partial charge in [0.25, 0.3) is 5.91 Å². The molecular weight excluding hydrogens is 382 g/mol. The highest BCUT2D eigenvalue weighted by Gasteiger charge is 2.21. The van der Waals surface area contributed by atoms with Gasteiger partial charge in [0, 0.05) is 12.0 Å². The molecule has 9 heteroatoms. The third-order valence-corrected chi connectivity index (χ3v) is 4.02. The van der Waals surface area contributed by atoms with Crippen molar-refractivity contribution in [3.8, 4) is 11.5 Å². The molecule has 2 aromatic rings. The van der Waals surface area contributed by atoms with Gasteiger partial charge in [0.1, 0.15) is 24.1 Å². The molecule has 2 rings (SSSR count). The van der Waals surface area contributed by atoms with Crippen molar-refractivity contribution in [1.82, 2.24) is 5.32 Å². The summed E-state index contributed by atoms with van der Waals surface area (Å²) in [5.41, 5.74) is 0.897. The van der Waals surface area contributed by atoms with Gasteiger partial charge in [-0.25, -0.2) is 4.79 Å². The number of rotatable bonds is 10. The van der Waals surface area contributed by atoms with Gasteiger partial charge in [-0.2, -0.15) is 0 Å². The number of carboxylic acids is 2. The van der Waals surface area contributed by atoms with Crippen molar-refractivity contribution in [2.24, 2.45) is 0 Å². The second kappa shape index (κ2) is 9.88. The van der Waals surface area contributed by atoms with Crippen molar-refractivity contribution in [2.75, 3.05) is 0 Å². The molecule has 0 aliphatic heterocycles. The lowest BCUT2D eigenvalue weighted by Crippen LogP contribution is -2.41. The van der Waals surface area contributed by atoms with Crippen molar-refractivity contribution < 1.29 is 39.2 Å². The highest BCUT2D eigenvalue weighted by Crippen LogP contribution is 2.26. The van der Waals surface area contributed by atoms with E-state index in [0.717, 1.165) is 0 Å². The number of carbonyl (C=O) groups excluding carboxylic acids is 2. The number of benzene rings is 2. The highest BCUT2D eigenvalue weighted by molar-refractivity contribution is 5.96. The quantitative estimate of drug-likeness (QED) is 0.440. The number of amides is 1. The summed E-state index contributed by atoms with van der Waals surface area (Å²) in [6, 6.07) is 9.24. The van der Waals surface area contributed by atoms with Crippen molar-refractivity contribution in [2.45, 2.75) is 25.5 Å². The number of aldehydes is 1. The minimum atomic E-state index is -1.32. The summed E-state index contributed by atoms with van der Waals surface area (Å²) in [6.07, 6.45) is -0.127. The van der Waals surface area contributed by atoms with Crippen molar-refractivity contribution in [1.29, 1.82) is 0 Å². The van der Waals surface area contributed by atoms with E-state index in [1.165, 1.54) is 30.3 Å². The fourth-order valence-electron chi connectivity index (χ4n) is 2.46. The van der Waals surface area contributed by atoms with Crippen LogP contribution in [0.4, 0.5) is 0 Å². The Labute approximate surface area is 165 Å². The smallest absolute Gasteiger partial charge is 0.326 e. The van der Waals surface area contributed by atoms with Crippen LogP contribution in [-0.4, -0.2) is 45.5 Å². The van der Waals surface area contributed by atoms with Crippen LogP contribution in [0.25, 0.3) is 0 Å². The summed E-state index contributed by atoms with van der Waals surface area (Å²) >= 11 is 0. The molecule has 1 atom stereocenters. The molecule has 0 spiro atoms. The van der Waals surface area contributed by atoms with Crippen LogP contribution in [0.15, 0.2) is 42.5 Å². The first-order chi connectivity index (χ1) is 13.8. The Morgan fingerprint density at radius 2 is 1.76 bits per heavy atom. The van der Waals surface area contributed by atoms with Crippen molar-refractivity contribution in [3.05, 3.63) is 59.2 Å². The lowest BCUT2D eigenvalue weighted by molar-refractivity contribution is -0.140. The summed E-state index contributed by atoms with van der Waals surface area (Å²) in [5, 5.41) is 29.7. The number of carboxylic acid groups (broad SMARTS) is 2. The van der Waals surface area contributed by atoms with E-state index >= 15 is 0 Å². The first-order valence-electron chi connectivity index (χ1n) is 8.56. The summed E-state index contributed by atoms with van der Waals surface area (Å²) in [7, 11) is 0. The number of nitrogens with one attached hydrogen (secondary N) is 1. The molecule has 9 nitrogen and oxygen atoms in total. The Hall–Kier alpha value is -3.88. The van der Waals surface area contributed by atoms with Gasteiger partial charge in [-0.3, -0.25) is 14.4 Å². The third-order valence-electron chi connectivity index (χ3n) is 4.02. The van der Waals surface area contributed by atoms with Gasteiger partial charge in [0.05, 0.1) is 5.56 Å². The van der Waals surface area contributed by atoms with E-state index < -0.39 is 23.9 Å². The average Bonchev–Trinajstić information content (AvgIpc) is 2.69. The van der Waals surface area contributed by atoms with Crippen LogP contribution < -0.4 is 10.1 Å². The number of aliphatic carboxylic acids is 2. The molecule has 0 saturated carbocycles. The van der Waals surface area contributed by atoms with E-state index in [1.807, 2.05) is 0 Å². The molecule has 0 aromatic heterocycles. The van der Waals surface area contributed by atoms with Gasteiger partial charge in [0.2, 0.25) is 0 Å². The maximum atomic E-state index is 12.2.